The first-order valence-electron chi connectivity index (χ1n) is 13.9. The summed E-state index contributed by atoms with van der Waals surface area (Å²) in [5, 5.41) is 0. The van der Waals surface area contributed by atoms with Gasteiger partial charge in [0.1, 0.15) is 6.54 Å². The summed E-state index contributed by atoms with van der Waals surface area (Å²) in [7, 11) is 1.64. The number of aromatic nitrogens is 1. The fourth-order valence-electron chi connectivity index (χ4n) is 4.79. The van der Waals surface area contributed by atoms with E-state index >= 15 is 0 Å². The molecule has 0 bridgehead atoms. The van der Waals surface area contributed by atoms with E-state index in [9.17, 15) is 9.59 Å². The molecular weight excluding hydrogens is 498 g/mol. The van der Waals surface area contributed by atoms with Gasteiger partial charge >= 0.3 is 0 Å². The molecule has 0 spiro atoms. The van der Waals surface area contributed by atoms with Crippen molar-refractivity contribution in [1.82, 2.24) is 14.4 Å². The van der Waals surface area contributed by atoms with Crippen LogP contribution in [-0.2, 0) is 22.6 Å². The lowest BCUT2D eigenvalue weighted by atomic mass is 10.0. The summed E-state index contributed by atoms with van der Waals surface area (Å²) in [6, 6.07) is 32.0. The van der Waals surface area contributed by atoms with Crippen LogP contribution >= 0.6 is 0 Å². The van der Waals surface area contributed by atoms with E-state index in [1.807, 2.05) is 104 Å². The summed E-state index contributed by atoms with van der Waals surface area (Å²) in [5.74, 6) is -0.227. The van der Waals surface area contributed by atoms with Crippen molar-refractivity contribution >= 4 is 11.8 Å². The van der Waals surface area contributed by atoms with Crippen molar-refractivity contribution in [2.75, 3.05) is 26.8 Å². The van der Waals surface area contributed by atoms with Gasteiger partial charge in [-0.2, -0.15) is 0 Å². The Morgan fingerprint density at radius 1 is 0.825 bits per heavy atom. The van der Waals surface area contributed by atoms with Gasteiger partial charge in [-0.15, -0.1) is 0 Å². The van der Waals surface area contributed by atoms with Crippen LogP contribution in [0.1, 0.15) is 41.9 Å². The molecule has 0 radical (unpaired) electrons. The SMILES string of the molecule is COCCCN(CC(=O)N(Cc1cccn1Cc1ccccc1)C(C)C)C(=O)c1ccc(-c2ccccc2)cc1. The average Bonchev–Trinajstić information content (AvgIpc) is 3.42. The molecule has 0 fully saturated rings. The lowest BCUT2D eigenvalue weighted by Gasteiger charge is -2.31. The second-order valence-electron chi connectivity index (χ2n) is 10.2. The number of nitrogens with zero attached hydrogens (tertiary/aromatic N) is 3. The summed E-state index contributed by atoms with van der Waals surface area (Å²) in [6.45, 7) is 6.22. The van der Waals surface area contributed by atoms with Crippen LogP contribution in [0, 0.1) is 0 Å². The predicted octanol–water partition coefficient (Wildman–Crippen LogP) is 6.12. The zero-order chi connectivity index (χ0) is 28.3. The van der Waals surface area contributed by atoms with Crippen LogP contribution in [0.5, 0.6) is 0 Å². The number of ether oxygens (including phenoxy) is 1. The number of hydrogen-bond acceptors (Lipinski definition) is 3. The summed E-state index contributed by atoms with van der Waals surface area (Å²) in [5.41, 5.74) is 4.97. The molecule has 4 rings (SSSR count). The Morgan fingerprint density at radius 3 is 2.12 bits per heavy atom. The van der Waals surface area contributed by atoms with E-state index in [1.165, 1.54) is 5.56 Å². The van der Waals surface area contributed by atoms with Gasteiger partial charge in [-0.1, -0.05) is 72.8 Å². The van der Waals surface area contributed by atoms with Crippen LogP contribution in [-0.4, -0.2) is 59.0 Å². The number of amides is 2. The van der Waals surface area contributed by atoms with Gasteiger partial charge in [0.25, 0.3) is 5.91 Å². The van der Waals surface area contributed by atoms with E-state index in [2.05, 4.69) is 22.8 Å². The molecule has 0 aliphatic carbocycles. The summed E-state index contributed by atoms with van der Waals surface area (Å²) < 4.78 is 7.40. The maximum atomic E-state index is 13.7. The summed E-state index contributed by atoms with van der Waals surface area (Å²) >= 11 is 0. The Balaban J connectivity index is 1.48. The molecule has 0 aliphatic heterocycles. The van der Waals surface area contributed by atoms with Crippen molar-refractivity contribution in [1.29, 1.82) is 0 Å². The van der Waals surface area contributed by atoms with Gasteiger partial charge in [0.2, 0.25) is 5.91 Å². The minimum Gasteiger partial charge on any atom is -0.385 e. The Hall–Kier alpha value is -4.16. The quantitative estimate of drug-likeness (QED) is 0.193. The second kappa shape index (κ2) is 14.3. The van der Waals surface area contributed by atoms with Gasteiger partial charge in [0.15, 0.2) is 0 Å². The lowest BCUT2D eigenvalue weighted by molar-refractivity contribution is -0.134. The molecule has 1 aromatic heterocycles. The average molecular weight is 538 g/mol. The van der Waals surface area contributed by atoms with Gasteiger partial charge in [0.05, 0.1) is 6.54 Å². The molecular formula is C34H39N3O3. The first-order valence-corrected chi connectivity index (χ1v) is 13.9. The van der Waals surface area contributed by atoms with Gasteiger partial charge in [-0.25, -0.2) is 0 Å². The number of rotatable bonds is 13. The Bertz CT molecular complexity index is 1350. The minimum absolute atomic E-state index is 0.0144. The van der Waals surface area contributed by atoms with Crippen molar-refractivity contribution in [2.45, 2.75) is 39.4 Å². The predicted molar refractivity (Wildman–Crippen MR) is 160 cm³/mol. The van der Waals surface area contributed by atoms with Crippen LogP contribution in [0.4, 0.5) is 0 Å². The molecule has 2 amide bonds. The molecule has 4 aromatic rings. The van der Waals surface area contributed by atoms with E-state index in [-0.39, 0.29) is 24.4 Å². The van der Waals surface area contributed by atoms with Crippen molar-refractivity contribution < 1.29 is 14.3 Å². The van der Waals surface area contributed by atoms with E-state index in [0.29, 0.717) is 31.7 Å². The Kier molecular flexibility index (Phi) is 10.3. The second-order valence-corrected chi connectivity index (χ2v) is 10.2. The summed E-state index contributed by atoms with van der Waals surface area (Å²) in [4.78, 5) is 30.8. The smallest absolute Gasteiger partial charge is 0.254 e. The topological polar surface area (TPSA) is 54.8 Å². The highest BCUT2D eigenvalue weighted by Gasteiger charge is 2.24. The molecule has 6 nitrogen and oxygen atoms in total. The Morgan fingerprint density at radius 2 is 1.48 bits per heavy atom. The number of hydrogen-bond donors (Lipinski definition) is 0. The van der Waals surface area contributed by atoms with Crippen LogP contribution in [0.25, 0.3) is 11.1 Å². The normalized spacial score (nSPS) is 11.0. The number of carbonyl (C=O) groups is 2. The highest BCUT2D eigenvalue weighted by atomic mass is 16.5. The molecule has 6 heteroatoms. The molecule has 40 heavy (non-hydrogen) atoms. The third-order valence-corrected chi connectivity index (χ3v) is 7.02. The van der Waals surface area contributed by atoms with Crippen LogP contribution in [0.2, 0.25) is 0 Å². The standard InChI is InChI=1S/C34H39N3O3/c1-27(2)37(25-32-16-10-21-35(32)24-28-12-6-4-7-13-28)33(38)26-36(22-11-23-40-3)34(39)31-19-17-30(18-20-31)29-14-8-5-9-15-29/h4-10,12-21,27H,11,22-26H2,1-3H3. The number of carbonyl (C=O) groups excluding carboxylic acids is 2. The third-order valence-electron chi connectivity index (χ3n) is 7.02. The van der Waals surface area contributed by atoms with E-state index in [1.54, 1.807) is 12.0 Å². The molecule has 0 N–H and O–H groups in total. The van der Waals surface area contributed by atoms with Crippen molar-refractivity contribution in [3.63, 3.8) is 0 Å². The molecule has 0 saturated heterocycles. The fraction of sp³-hybridized carbons (Fsp3) is 0.294. The van der Waals surface area contributed by atoms with E-state index < -0.39 is 0 Å². The lowest BCUT2D eigenvalue weighted by Crippen LogP contribution is -2.45. The molecule has 3 aromatic carbocycles. The largest absolute Gasteiger partial charge is 0.385 e. The highest BCUT2D eigenvalue weighted by Crippen LogP contribution is 2.20. The zero-order valence-electron chi connectivity index (χ0n) is 23.7. The van der Waals surface area contributed by atoms with Gasteiger partial charge in [-0.3, -0.25) is 9.59 Å². The molecule has 0 aliphatic rings. The van der Waals surface area contributed by atoms with Crippen LogP contribution < -0.4 is 0 Å². The van der Waals surface area contributed by atoms with E-state index in [4.69, 9.17) is 4.74 Å². The molecule has 208 valence electrons. The van der Waals surface area contributed by atoms with Crippen LogP contribution in [0.15, 0.2) is 103 Å². The van der Waals surface area contributed by atoms with Gasteiger partial charge < -0.3 is 19.1 Å². The number of benzene rings is 3. The molecule has 1 heterocycles. The first kappa shape index (κ1) is 28.8. The molecule has 0 saturated carbocycles. The number of methoxy groups -OCH3 is 1. The van der Waals surface area contributed by atoms with Gasteiger partial charge in [-0.05, 0) is 61.2 Å². The van der Waals surface area contributed by atoms with E-state index in [0.717, 1.165) is 23.4 Å². The fourth-order valence-corrected chi connectivity index (χ4v) is 4.79. The first-order chi connectivity index (χ1) is 19.5. The minimum atomic E-state index is -0.153. The van der Waals surface area contributed by atoms with Crippen LogP contribution in [0.3, 0.4) is 0 Å². The maximum absolute atomic E-state index is 13.7. The Labute approximate surface area is 237 Å². The van der Waals surface area contributed by atoms with Gasteiger partial charge in [0, 0.05) is 50.3 Å². The molecule has 0 unspecified atom stereocenters. The molecule has 0 atom stereocenters. The zero-order valence-corrected chi connectivity index (χ0v) is 23.7. The maximum Gasteiger partial charge on any atom is 0.254 e. The highest BCUT2D eigenvalue weighted by molar-refractivity contribution is 5.97. The van der Waals surface area contributed by atoms with Crippen molar-refractivity contribution in [3.05, 3.63) is 120 Å². The monoisotopic (exact) mass is 537 g/mol. The van der Waals surface area contributed by atoms with Crippen molar-refractivity contribution in [2.24, 2.45) is 0 Å². The third kappa shape index (κ3) is 7.70. The van der Waals surface area contributed by atoms with Crippen molar-refractivity contribution in [3.8, 4) is 11.1 Å². The summed E-state index contributed by atoms with van der Waals surface area (Å²) in [6.07, 6.45) is 2.70.